The second-order valence-electron chi connectivity index (χ2n) is 15.2. The van der Waals surface area contributed by atoms with Crippen molar-refractivity contribution in [2.45, 2.75) is 98.3 Å². The van der Waals surface area contributed by atoms with Crippen LogP contribution in [0, 0.1) is 23.2 Å². The molecule has 0 fully saturated rings. The maximum atomic E-state index is 9.02. The number of aryl methyl sites for hydroxylation is 2. The molecule has 200 valence electrons. The van der Waals surface area contributed by atoms with Crippen molar-refractivity contribution in [1.29, 1.82) is 0 Å². The summed E-state index contributed by atoms with van der Waals surface area (Å²) in [4.78, 5) is 2.76. The van der Waals surface area contributed by atoms with E-state index in [1.54, 1.807) is 0 Å². The lowest BCUT2D eigenvalue weighted by molar-refractivity contribution is -0.659. The molecule has 1 nitrogen and oxygen atoms in total. The Labute approximate surface area is 236 Å². The molecule has 0 unspecified atom stereocenters. The van der Waals surface area contributed by atoms with Crippen LogP contribution in [0.25, 0.3) is 32.8 Å². The van der Waals surface area contributed by atoms with Gasteiger partial charge in [0.1, 0.15) is 7.05 Å². The standard InChI is InChI=1S/C36H46NS/c1-22-27-17-23(19-34(2,3)4)12-13-26(27)28(21-36(8,9)10)33-30(22)32-31-25(14-15-37(32)11)16-24(18-29(31)38-33)20-35(5,6)7/h12-18H,19-21H2,1-11H3/q+1/i12D. The Morgan fingerprint density at radius 2 is 1.42 bits per heavy atom. The molecule has 0 spiro atoms. The lowest BCUT2D eigenvalue weighted by Gasteiger charge is -2.29. The van der Waals surface area contributed by atoms with Gasteiger partial charge in [0, 0.05) is 15.9 Å². The number of fused-ring (bicyclic) bond motifs is 3. The van der Waals surface area contributed by atoms with Gasteiger partial charge < -0.3 is 0 Å². The predicted octanol–water partition coefficient (Wildman–Crippen LogP) is 10.0. The second-order valence-corrected chi connectivity index (χ2v) is 16.3. The van der Waals surface area contributed by atoms with Crippen LogP contribution in [-0.4, -0.2) is 0 Å². The second kappa shape index (κ2) is 9.12. The average Bonchev–Trinajstić information content (AvgIpc) is 2.76. The molecular formula is C36H46NS+. The minimum absolute atomic E-state index is 0.130. The Bertz CT molecular complexity index is 1620. The molecule has 0 aliphatic carbocycles. The molecule has 1 aliphatic rings. The van der Waals surface area contributed by atoms with Crippen molar-refractivity contribution in [3.05, 3.63) is 64.8 Å². The molecule has 2 heteroatoms. The van der Waals surface area contributed by atoms with Gasteiger partial charge in [0.2, 0.25) is 5.69 Å². The van der Waals surface area contributed by atoms with Crippen molar-refractivity contribution in [3.8, 4) is 11.3 Å². The highest BCUT2D eigenvalue weighted by atomic mass is 32.2. The monoisotopic (exact) mass is 525 g/mol. The van der Waals surface area contributed by atoms with Crippen LogP contribution in [0.3, 0.4) is 0 Å². The van der Waals surface area contributed by atoms with Crippen LogP contribution in [0.15, 0.2) is 52.4 Å². The summed E-state index contributed by atoms with van der Waals surface area (Å²) in [6.45, 7) is 23.1. The van der Waals surface area contributed by atoms with E-state index in [0.29, 0.717) is 6.04 Å². The Balaban J connectivity index is 1.88. The number of benzene rings is 3. The van der Waals surface area contributed by atoms with E-state index in [4.69, 9.17) is 1.37 Å². The summed E-state index contributed by atoms with van der Waals surface area (Å²) in [5, 5.41) is 5.30. The summed E-state index contributed by atoms with van der Waals surface area (Å²) in [5.74, 6) is 0. The number of rotatable bonds is 3. The minimum atomic E-state index is 0.130. The Kier molecular flexibility index (Phi) is 6.22. The van der Waals surface area contributed by atoms with E-state index in [-0.39, 0.29) is 16.2 Å². The summed E-state index contributed by atoms with van der Waals surface area (Å²) in [6.07, 6.45) is 5.19. The maximum Gasteiger partial charge on any atom is 0.222 e. The topological polar surface area (TPSA) is 3.88 Å². The van der Waals surface area contributed by atoms with E-state index in [2.05, 4.69) is 117 Å². The molecular weight excluding hydrogens is 478 g/mol. The van der Waals surface area contributed by atoms with Crippen LogP contribution in [0.4, 0.5) is 0 Å². The summed E-state index contributed by atoms with van der Waals surface area (Å²) < 4.78 is 11.4. The number of hydrogen-bond donors (Lipinski definition) is 0. The Morgan fingerprint density at radius 1 is 0.789 bits per heavy atom. The molecule has 1 aromatic heterocycles. The fourth-order valence-corrected chi connectivity index (χ4v) is 7.59. The molecule has 38 heavy (non-hydrogen) atoms. The van der Waals surface area contributed by atoms with Crippen LogP contribution in [0.2, 0.25) is 0 Å². The zero-order valence-corrected chi connectivity index (χ0v) is 26.3. The number of nitrogens with zero attached hydrogens (tertiary/aromatic N) is 1. The van der Waals surface area contributed by atoms with E-state index < -0.39 is 0 Å². The van der Waals surface area contributed by atoms with Crippen molar-refractivity contribution >= 4 is 33.3 Å². The fourth-order valence-electron chi connectivity index (χ4n) is 6.18. The van der Waals surface area contributed by atoms with Gasteiger partial charge in [-0.1, -0.05) is 98.3 Å². The van der Waals surface area contributed by atoms with Gasteiger partial charge >= 0.3 is 0 Å². The zero-order valence-electron chi connectivity index (χ0n) is 26.4. The third-order valence-electron chi connectivity index (χ3n) is 7.49. The van der Waals surface area contributed by atoms with Gasteiger partial charge in [0.25, 0.3) is 0 Å². The first-order chi connectivity index (χ1) is 17.9. The van der Waals surface area contributed by atoms with E-state index in [1.807, 2.05) is 11.8 Å². The number of pyridine rings is 1. The van der Waals surface area contributed by atoms with Gasteiger partial charge in [-0.25, -0.2) is 4.57 Å². The van der Waals surface area contributed by atoms with Crippen molar-refractivity contribution < 1.29 is 5.94 Å². The third kappa shape index (κ3) is 5.26. The number of hydrogen-bond acceptors (Lipinski definition) is 1. The molecule has 0 saturated heterocycles. The lowest BCUT2D eigenvalue weighted by Crippen LogP contribution is -2.32. The first-order valence-electron chi connectivity index (χ1n) is 14.6. The van der Waals surface area contributed by atoms with Gasteiger partial charge in [0.05, 0.1) is 12.3 Å². The van der Waals surface area contributed by atoms with Gasteiger partial charge in [0.15, 0.2) is 6.20 Å². The van der Waals surface area contributed by atoms with E-state index in [1.165, 1.54) is 59.3 Å². The molecule has 0 radical (unpaired) electrons. The summed E-state index contributed by atoms with van der Waals surface area (Å²) in [7, 11) is 2.20. The van der Waals surface area contributed by atoms with Gasteiger partial charge in [-0.3, -0.25) is 0 Å². The Morgan fingerprint density at radius 3 is 2.05 bits per heavy atom. The van der Waals surface area contributed by atoms with Gasteiger partial charge in [-0.05, 0) is 86.9 Å². The SMILES string of the molecule is [2H]c1cc2c(CC(C)(C)C)c3c(c(C)c2cc1CC(C)(C)C)-c1c2c(cc(CC(C)(C)C)cc2cc[n+]1C)S3. The lowest BCUT2D eigenvalue weighted by atomic mass is 9.81. The van der Waals surface area contributed by atoms with Crippen LogP contribution in [0.1, 0.15) is 85.9 Å². The largest absolute Gasteiger partial charge is 0.222 e. The highest BCUT2D eigenvalue weighted by Crippen LogP contribution is 2.53. The summed E-state index contributed by atoms with van der Waals surface area (Å²) in [5.41, 5.74) is 8.53. The van der Waals surface area contributed by atoms with E-state index >= 15 is 0 Å². The molecule has 3 aromatic carbocycles. The number of aromatic nitrogens is 1. The zero-order chi connectivity index (χ0) is 28.7. The van der Waals surface area contributed by atoms with Crippen molar-refractivity contribution in [1.82, 2.24) is 0 Å². The highest BCUT2D eigenvalue weighted by molar-refractivity contribution is 7.99. The minimum Gasteiger partial charge on any atom is -0.200 e. The van der Waals surface area contributed by atoms with Crippen molar-refractivity contribution in [3.63, 3.8) is 0 Å². The van der Waals surface area contributed by atoms with Crippen LogP contribution in [-0.2, 0) is 26.3 Å². The molecule has 0 atom stereocenters. The van der Waals surface area contributed by atoms with Crippen LogP contribution in [0.5, 0.6) is 0 Å². The average molecular weight is 526 g/mol. The molecule has 5 rings (SSSR count). The third-order valence-corrected chi connectivity index (χ3v) is 8.68. The molecule has 2 heterocycles. The quantitative estimate of drug-likeness (QED) is 0.212. The molecule has 0 amide bonds. The van der Waals surface area contributed by atoms with Crippen LogP contribution >= 0.6 is 11.8 Å². The molecule has 0 N–H and O–H groups in total. The van der Waals surface area contributed by atoms with E-state index in [0.717, 1.165) is 24.8 Å². The normalized spacial score (nSPS) is 14.2. The smallest absolute Gasteiger partial charge is 0.200 e. The fraction of sp³-hybridized carbons (Fsp3) is 0.472. The predicted molar refractivity (Wildman–Crippen MR) is 166 cm³/mol. The molecule has 4 aromatic rings. The van der Waals surface area contributed by atoms with Crippen LogP contribution < -0.4 is 4.57 Å². The first kappa shape index (κ1) is 25.9. The van der Waals surface area contributed by atoms with Crippen molar-refractivity contribution in [2.24, 2.45) is 23.3 Å². The first-order valence-corrected chi connectivity index (χ1v) is 15.0. The summed E-state index contributed by atoms with van der Waals surface area (Å²) in [6, 6.07) is 12.4. The Hall–Kier alpha value is -2.32. The highest BCUT2D eigenvalue weighted by Gasteiger charge is 2.33. The molecule has 1 aliphatic heterocycles. The van der Waals surface area contributed by atoms with Gasteiger partial charge in [-0.15, -0.1) is 0 Å². The van der Waals surface area contributed by atoms with Crippen molar-refractivity contribution in [2.75, 3.05) is 0 Å². The maximum absolute atomic E-state index is 9.02. The van der Waals surface area contributed by atoms with E-state index in [9.17, 15) is 0 Å². The molecule has 0 saturated carbocycles. The molecule has 0 bridgehead atoms. The summed E-state index contributed by atoms with van der Waals surface area (Å²) >= 11 is 1.97. The van der Waals surface area contributed by atoms with Gasteiger partial charge in [-0.2, -0.15) is 0 Å².